The second-order valence-electron chi connectivity index (χ2n) is 5.41. The Morgan fingerprint density at radius 2 is 2.14 bits per heavy atom. The minimum Gasteiger partial charge on any atom is -0.381 e. The molecule has 1 aliphatic rings. The summed E-state index contributed by atoms with van der Waals surface area (Å²) in [7, 11) is 0. The molecule has 0 radical (unpaired) electrons. The lowest BCUT2D eigenvalue weighted by atomic mass is 9.70. The molecule has 2 heteroatoms. The SMILES string of the molecule is CCCOCC1CC(C)(C)CCC1N. The van der Waals surface area contributed by atoms with Crippen LogP contribution in [0, 0.1) is 11.3 Å². The predicted octanol–water partition coefficient (Wildman–Crippen LogP) is 2.57. The van der Waals surface area contributed by atoms with Gasteiger partial charge in [0.1, 0.15) is 0 Å². The molecule has 2 N–H and O–H groups in total. The number of rotatable bonds is 4. The summed E-state index contributed by atoms with van der Waals surface area (Å²) >= 11 is 0. The molecule has 0 spiro atoms. The molecule has 2 nitrogen and oxygen atoms in total. The monoisotopic (exact) mass is 199 g/mol. The van der Waals surface area contributed by atoms with Gasteiger partial charge in [-0.05, 0) is 37.0 Å². The third kappa shape index (κ3) is 3.58. The second kappa shape index (κ2) is 5.13. The van der Waals surface area contributed by atoms with Crippen LogP contribution in [0.2, 0.25) is 0 Å². The molecule has 0 heterocycles. The first-order valence-corrected chi connectivity index (χ1v) is 5.88. The van der Waals surface area contributed by atoms with Crippen molar-refractivity contribution in [3.05, 3.63) is 0 Å². The Morgan fingerprint density at radius 3 is 2.79 bits per heavy atom. The van der Waals surface area contributed by atoms with E-state index in [2.05, 4.69) is 20.8 Å². The molecule has 0 aliphatic heterocycles. The van der Waals surface area contributed by atoms with Crippen molar-refractivity contribution >= 4 is 0 Å². The molecule has 1 saturated carbocycles. The first kappa shape index (κ1) is 12.0. The van der Waals surface area contributed by atoms with Crippen molar-refractivity contribution in [1.29, 1.82) is 0 Å². The maximum Gasteiger partial charge on any atom is 0.0509 e. The molecule has 0 saturated heterocycles. The highest BCUT2D eigenvalue weighted by atomic mass is 16.5. The van der Waals surface area contributed by atoms with E-state index in [4.69, 9.17) is 10.5 Å². The van der Waals surface area contributed by atoms with Gasteiger partial charge in [0.2, 0.25) is 0 Å². The molecule has 1 fully saturated rings. The van der Waals surface area contributed by atoms with E-state index in [0.29, 0.717) is 17.4 Å². The number of hydrogen-bond donors (Lipinski definition) is 1. The van der Waals surface area contributed by atoms with E-state index < -0.39 is 0 Å². The maximum absolute atomic E-state index is 6.10. The van der Waals surface area contributed by atoms with Gasteiger partial charge < -0.3 is 10.5 Å². The van der Waals surface area contributed by atoms with Gasteiger partial charge in [0, 0.05) is 12.6 Å². The number of ether oxygens (including phenoxy) is 1. The van der Waals surface area contributed by atoms with Crippen molar-refractivity contribution in [1.82, 2.24) is 0 Å². The Morgan fingerprint density at radius 1 is 1.43 bits per heavy atom. The zero-order valence-electron chi connectivity index (χ0n) is 9.88. The summed E-state index contributed by atoms with van der Waals surface area (Å²) in [5.74, 6) is 0.574. The molecule has 0 amide bonds. The lowest BCUT2D eigenvalue weighted by Gasteiger charge is -2.39. The van der Waals surface area contributed by atoms with Crippen molar-refractivity contribution in [3.8, 4) is 0 Å². The van der Waals surface area contributed by atoms with Crippen LogP contribution in [0.15, 0.2) is 0 Å². The van der Waals surface area contributed by atoms with Crippen molar-refractivity contribution in [2.75, 3.05) is 13.2 Å². The Kier molecular flexibility index (Phi) is 4.39. The normalized spacial score (nSPS) is 31.7. The molecule has 14 heavy (non-hydrogen) atoms. The van der Waals surface area contributed by atoms with E-state index in [1.807, 2.05) is 0 Å². The van der Waals surface area contributed by atoms with E-state index in [1.54, 1.807) is 0 Å². The van der Waals surface area contributed by atoms with Gasteiger partial charge in [-0.1, -0.05) is 20.8 Å². The van der Waals surface area contributed by atoms with Crippen LogP contribution >= 0.6 is 0 Å². The fourth-order valence-electron chi connectivity index (χ4n) is 2.32. The van der Waals surface area contributed by atoms with Crippen LogP contribution < -0.4 is 5.73 Å². The summed E-state index contributed by atoms with van der Waals surface area (Å²) in [5, 5.41) is 0. The summed E-state index contributed by atoms with van der Waals surface area (Å²) in [6.45, 7) is 8.56. The Balaban J connectivity index is 2.33. The molecular weight excluding hydrogens is 174 g/mol. The number of hydrogen-bond acceptors (Lipinski definition) is 2. The average molecular weight is 199 g/mol. The largest absolute Gasteiger partial charge is 0.381 e. The summed E-state index contributed by atoms with van der Waals surface area (Å²) < 4.78 is 5.61. The fraction of sp³-hybridized carbons (Fsp3) is 1.00. The molecule has 2 atom stereocenters. The quantitative estimate of drug-likeness (QED) is 0.706. The maximum atomic E-state index is 6.10. The van der Waals surface area contributed by atoms with Crippen LogP contribution in [0.4, 0.5) is 0 Å². The van der Waals surface area contributed by atoms with Gasteiger partial charge >= 0.3 is 0 Å². The van der Waals surface area contributed by atoms with E-state index in [0.717, 1.165) is 26.1 Å². The van der Waals surface area contributed by atoms with E-state index in [1.165, 1.54) is 12.8 Å². The molecule has 1 aliphatic carbocycles. The minimum atomic E-state index is 0.361. The third-order valence-electron chi connectivity index (χ3n) is 3.26. The zero-order valence-corrected chi connectivity index (χ0v) is 9.88. The van der Waals surface area contributed by atoms with Crippen LogP contribution in [0.1, 0.15) is 46.5 Å². The molecule has 0 aromatic carbocycles. The van der Waals surface area contributed by atoms with E-state index in [9.17, 15) is 0 Å². The van der Waals surface area contributed by atoms with Gasteiger partial charge in [0.25, 0.3) is 0 Å². The Bertz CT molecular complexity index is 168. The van der Waals surface area contributed by atoms with Gasteiger partial charge in [-0.15, -0.1) is 0 Å². The number of nitrogens with two attached hydrogens (primary N) is 1. The standard InChI is InChI=1S/C12H25NO/c1-4-7-14-9-10-8-12(2,3)6-5-11(10)13/h10-11H,4-9,13H2,1-3H3. The van der Waals surface area contributed by atoms with Gasteiger partial charge in [-0.3, -0.25) is 0 Å². The summed E-state index contributed by atoms with van der Waals surface area (Å²) in [5.41, 5.74) is 6.57. The van der Waals surface area contributed by atoms with Gasteiger partial charge in [-0.2, -0.15) is 0 Å². The summed E-state index contributed by atoms with van der Waals surface area (Å²) in [6.07, 6.45) is 4.74. The smallest absolute Gasteiger partial charge is 0.0509 e. The highest BCUT2D eigenvalue weighted by molar-refractivity contribution is 4.86. The molecule has 0 aromatic heterocycles. The van der Waals surface area contributed by atoms with Gasteiger partial charge in [0.05, 0.1) is 6.61 Å². The second-order valence-corrected chi connectivity index (χ2v) is 5.41. The zero-order chi connectivity index (χ0) is 10.6. The highest BCUT2D eigenvalue weighted by Crippen LogP contribution is 2.38. The summed E-state index contributed by atoms with van der Waals surface area (Å²) in [6, 6.07) is 0.361. The van der Waals surface area contributed by atoms with Gasteiger partial charge in [0.15, 0.2) is 0 Å². The molecule has 84 valence electrons. The third-order valence-corrected chi connectivity index (χ3v) is 3.26. The first-order valence-electron chi connectivity index (χ1n) is 5.88. The molecular formula is C12H25NO. The predicted molar refractivity (Wildman–Crippen MR) is 60.2 cm³/mol. The Hall–Kier alpha value is -0.0800. The van der Waals surface area contributed by atoms with Gasteiger partial charge in [-0.25, -0.2) is 0 Å². The van der Waals surface area contributed by atoms with Crippen LogP contribution in [-0.2, 0) is 4.74 Å². The molecule has 0 bridgehead atoms. The van der Waals surface area contributed by atoms with E-state index in [-0.39, 0.29) is 0 Å². The van der Waals surface area contributed by atoms with Crippen molar-refractivity contribution in [2.24, 2.45) is 17.1 Å². The summed E-state index contributed by atoms with van der Waals surface area (Å²) in [4.78, 5) is 0. The van der Waals surface area contributed by atoms with Crippen molar-refractivity contribution in [2.45, 2.75) is 52.5 Å². The fourth-order valence-corrected chi connectivity index (χ4v) is 2.32. The van der Waals surface area contributed by atoms with Crippen molar-refractivity contribution in [3.63, 3.8) is 0 Å². The van der Waals surface area contributed by atoms with Crippen LogP contribution in [0.25, 0.3) is 0 Å². The molecule has 2 unspecified atom stereocenters. The lowest BCUT2D eigenvalue weighted by Crippen LogP contribution is -2.41. The lowest BCUT2D eigenvalue weighted by molar-refractivity contribution is 0.0471. The Labute approximate surface area is 88.2 Å². The van der Waals surface area contributed by atoms with Crippen LogP contribution in [0.5, 0.6) is 0 Å². The molecule has 1 rings (SSSR count). The van der Waals surface area contributed by atoms with Crippen molar-refractivity contribution < 1.29 is 4.74 Å². The minimum absolute atomic E-state index is 0.361. The van der Waals surface area contributed by atoms with Crippen LogP contribution in [-0.4, -0.2) is 19.3 Å². The first-order chi connectivity index (χ1) is 6.55. The average Bonchev–Trinajstić information content (AvgIpc) is 2.11. The molecule has 0 aromatic rings. The highest BCUT2D eigenvalue weighted by Gasteiger charge is 2.32. The van der Waals surface area contributed by atoms with Crippen LogP contribution in [0.3, 0.4) is 0 Å². The van der Waals surface area contributed by atoms with E-state index >= 15 is 0 Å². The topological polar surface area (TPSA) is 35.2 Å².